The molecule has 1 fully saturated rings. The summed E-state index contributed by atoms with van der Waals surface area (Å²) in [5.41, 5.74) is -0.669. The minimum Gasteiger partial charge on any atom is -0.256 e. The summed E-state index contributed by atoms with van der Waals surface area (Å²) in [5.74, 6) is 0. The number of halogens is 3. The molecule has 1 aromatic heterocycles. The lowest BCUT2D eigenvalue weighted by Gasteiger charge is -1.98. The van der Waals surface area contributed by atoms with E-state index in [1.165, 1.54) is 4.68 Å². The first-order valence-corrected chi connectivity index (χ1v) is 5.08. The Balaban J connectivity index is 2.51. The first-order valence-electron chi connectivity index (χ1n) is 3.62. The largest absolute Gasteiger partial charge is 0.256 e. The Morgan fingerprint density at radius 3 is 2.58 bits per heavy atom. The molecule has 0 unspecified atom stereocenters. The van der Waals surface area contributed by atoms with Crippen molar-refractivity contribution in [3.05, 3.63) is 14.4 Å². The van der Waals surface area contributed by atoms with E-state index in [-0.39, 0.29) is 0 Å². The van der Waals surface area contributed by atoms with E-state index in [0.717, 1.165) is 3.57 Å². The molecule has 0 aliphatic heterocycles. The van der Waals surface area contributed by atoms with Gasteiger partial charge in [0.2, 0.25) is 0 Å². The van der Waals surface area contributed by atoms with E-state index >= 15 is 0 Å². The average molecular weight is 301 g/mol. The van der Waals surface area contributed by atoms with Crippen LogP contribution >= 0.6 is 34.2 Å². The van der Waals surface area contributed by atoms with Crippen LogP contribution in [0.1, 0.15) is 18.5 Å². The lowest BCUT2D eigenvalue weighted by molar-refractivity contribution is 0.306. The zero-order valence-corrected chi connectivity index (χ0v) is 9.36. The second-order valence-electron chi connectivity index (χ2n) is 3.04. The highest BCUT2D eigenvalue weighted by Gasteiger charge is 2.49. The molecule has 66 valence electrons. The van der Waals surface area contributed by atoms with Crippen LogP contribution in [0.5, 0.6) is 0 Å². The Morgan fingerprint density at radius 2 is 2.25 bits per heavy atom. The number of rotatable bonds is 1. The number of alkyl halides is 1. The molecule has 12 heavy (non-hydrogen) atoms. The Bertz CT molecular complexity index is 332. The maximum atomic E-state index is 13.5. The Labute approximate surface area is 88.2 Å². The highest BCUT2D eigenvalue weighted by Crippen LogP contribution is 2.50. The minimum absolute atomic E-state index is 0.510. The number of hydrogen-bond donors (Lipinski definition) is 0. The Morgan fingerprint density at radius 1 is 1.67 bits per heavy atom. The van der Waals surface area contributed by atoms with Gasteiger partial charge in [-0.25, -0.2) is 4.39 Å². The summed E-state index contributed by atoms with van der Waals surface area (Å²) in [6.07, 6.45) is 1.16. The van der Waals surface area contributed by atoms with E-state index in [1.807, 2.05) is 22.6 Å². The van der Waals surface area contributed by atoms with Crippen molar-refractivity contribution in [3.8, 4) is 0 Å². The fourth-order valence-electron chi connectivity index (χ4n) is 1.11. The summed E-state index contributed by atoms with van der Waals surface area (Å²) >= 11 is 7.89. The number of nitrogens with zero attached hydrogens (tertiary/aromatic N) is 2. The van der Waals surface area contributed by atoms with Crippen LogP contribution < -0.4 is 0 Å². The molecule has 0 N–H and O–H groups in total. The van der Waals surface area contributed by atoms with E-state index in [9.17, 15) is 4.39 Å². The van der Waals surface area contributed by atoms with Crippen LogP contribution in [-0.4, -0.2) is 9.78 Å². The zero-order chi connectivity index (χ0) is 8.93. The zero-order valence-electron chi connectivity index (χ0n) is 6.44. The topological polar surface area (TPSA) is 17.8 Å². The van der Waals surface area contributed by atoms with Gasteiger partial charge >= 0.3 is 0 Å². The van der Waals surface area contributed by atoms with Crippen LogP contribution in [0.2, 0.25) is 5.15 Å². The predicted molar refractivity (Wildman–Crippen MR) is 53.0 cm³/mol. The van der Waals surface area contributed by atoms with Crippen LogP contribution in [0, 0.1) is 3.57 Å². The molecule has 2 nitrogen and oxygen atoms in total. The van der Waals surface area contributed by atoms with Crippen LogP contribution in [0.15, 0.2) is 0 Å². The van der Waals surface area contributed by atoms with Gasteiger partial charge in [0, 0.05) is 7.05 Å². The lowest BCUT2D eigenvalue weighted by atomic mass is 10.3. The quantitative estimate of drug-likeness (QED) is 0.729. The molecule has 0 radical (unpaired) electrons. The molecule has 0 amide bonds. The van der Waals surface area contributed by atoms with Gasteiger partial charge in [0.1, 0.15) is 10.8 Å². The van der Waals surface area contributed by atoms with Crippen molar-refractivity contribution < 1.29 is 4.39 Å². The van der Waals surface area contributed by atoms with E-state index < -0.39 is 5.67 Å². The number of aromatic nitrogens is 2. The van der Waals surface area contributed by atoms with Gasteiger partial charge in [-0.05, 0) is 35.4 Å². The van der Waals surface area contributed by atoms with Crippen molar-refractivity contribution in [2.24, 2.45) is 7.05 Å². The van der Waals surface area contributed by atoms with Gasteiger partial charge in [0.25, 0.3) is 0 Å². The molecule has 2 rings (SSSR count). The Kier molecular flexibility index (Phi) is 1.87. The molecular formula is C7H7ClFIN2. The van der Waals surface area contributed by atoms with Crippen LogP contribution in [-0.2, 0) is 12.7 Å². The lowest BCUT2D eigenvalue weighted by Crippen LogP contribution is -2.01. The maximum Gasteiger partial charge on any atom is 0.155 e. The molecule has 0 atom stereocenters. The summed E-state index contributed by atoms with van der Waals surface area (Å²) < 4.78 is 15.8. The molecule has 0 aromatic carbocycles. The molecule has 1 aromatic rings. The molecule has 0 spiro atoms. The fourth-order valence-corrected chi connectivity index (χ4v) is 2.18. The predicted octanol–water partition coefficient (Wildman–Crippen LogP) is 2.64. The third-order valence-electron chi connectivity index (χ3n) is 2.04. The average Bonchev–Trinajstić information content (AvgIpc) is 2.71. The highest BCUT2D eigenvalue weighted by atomic mass is 127. The van der Waals surface area contributed by atoms with E-state index in [2.05, 4.69) is 5.10 Å². The second-order valence-corrected chi connectivity index (χ2v) is 4.48. The SMILES string of the molecule is Cn1nc(C2(F)CC2)c(I)c1Cl. The maximum absolute atomic E-state index is 13.5. The van der Waals surface area contributed by atoms with Crippen molar-refractivity contribution in [1.82, 2.24) is 9.78 Å². The van der Waals surface area contributed by atoms with E-state index in [4.69, 9.17) is 11.6 Å². The highest BCUT2D eigenvalue weighted by molar-refractivity contribution is 14.1. The van der Waals surface area contributed by atoms with Gasteiger partial charge in [-0.1, -0.05) is 11.6 Å². The third kappa shape index (κ3) is 1.16. The van der Waals surface area contributed by atoms with E-state index in [0.29, 0.717) is 23.7 Å². The summed E-state index contributed by atoms with van der Waals surface area (Å²) in [7, 11) is 1.72. The minimum atomic E-state index is -1.18. The normalized spacial score (nSPS) is 19.7. The second kappa shape index (κ2) is 2.57. The monoisotopic (exact) mass is 300 g/mol. The summed E-state index contributed by atoms with van der Waals surface area (Å²) in [5, 5.41) is 4.57. The van der Waals surface area contributed by atoms with Crippen molar-refractivity contribution in [2.45, 2.75) is 18.5 Å². The van der Waals surface area contributed by atoms with Crippen molar-refractivity contribution in [1.29, 1.82) is 0 Å². The molecule has 1 heterocycles. The van der Waals surface area contributed by atoms with E-state index in [1.54, 1.807) is 7.05 Å². The fraction of sp³-hybridized carbons (Fsp3) is 0.571. The molecule has 1 saturated carbocycles. The molecule has 0 bridgehead atoms. The van der Waals surface area contributed by atoms with Crippen LogP contribution in [0.25, 0.3) is 0 Å². The third-order valence-corrected chi connectivity index (χ3v) is 3.81. The van der Waals surface area contributed by atoms with Gasteiger partial charge in [0.05, 0.1) is 3.57 Å². The van der Waals surface area contributed by atoms with Crippen molar-refractivity contribution in [3.63, 3.8) is 0 Å². The smallest absolute Gasteiger partial charge is 0.155 e. The van der Waals surface area contributed by atoms with Crippen molar-refractivity contribution in [2.75, 3.05) is 0 Å². The summed E-state index contributed by atoms with van der Waals surface area (Å²) in [6, 6.07) is 0. The standard InChI is InChI=1S/C7H7ClFIN2/c1-12-6(8)4(10)5(11-12)7(9)2-3-7/h2-3H2,1H3. The number of aryl methyl sites for hydroxylation is 1. The van der Waals surface area contributed by atoms with Gasteiger partial charge in [-0.2, -0.15) is 5.10 Å². The molecular weight excluding hydrogens is 293 g/mol. The van der Waals surface area contributed by atoms with Crippen molar-refractivity contribution >= 4 is 34.2 Å². The summed E-state index contributed by atoms with van der Waals surface area (Å²) in [6.45, 7) is 0. The molecule has 5 heteroatoms. The van der Waals surface area contributed by atoms with Gasteiger partial charge in [0.15, 0.2) is 5.67 Å². The van der Waals surface area contributed by atoms with Gasteiger partial charge in [-0.3, -0.25) is 4.68 Å². The van der Waals surface area contributed by atoms with Gasteiger partial charge in [-0.15, -0.1) is 0 Å². The van der Waals surface area contributed by atoms with Gasteiger partial charge < -0.3 is 0 Å². The van der Waals surface area contributed by atoms with Crippen LogP contribution in [0.3, 0.4) is 0 Å². The molecule has 1 aliphatic carbocycles. The first kappa shape index (κ1) is 8.74. The summed E-state index contributed by atoms with van der Waals surface area (Å²) in [4.78, 5) is 0. The Hall–Kier alpha value is 0.160. The molecule has 1 aliphatic rings. The van der Waals surface area contributed by atoms with Crippen LogP contribution in [0.4, 0.5) is 4.39 Å². The number of hydrogen-bond acceptors (Lipinski definition) is 1. The molecule has 0 saturated heterocycles. The first-order chi connectivity index (χ1) is 5.54.